The fraction of sp³-hybridized carbons (Fsp3) is 0.231. The Morgan fingerprint density at radius 3 is 1.74 bits per heavy atom. The fourth-order valence-corrected chi connectivity index (χ4v) is 6.16. The van der Waals surface area contributed by atoms with Gasteiger partial charge in [-0.25, -0.2) is 0 Å². The molecule has 6 rings (SSSR count). The van der Waals surface area contributed by atoms with Crippen LogP contribution < -0.4 is 35.3 Å². The van der Waals surface area contributed by atoms with Gasteiger partial charge in [-0.15, -0.1) is 27.3 Å². The van der Waals surface area contributed by atoms with Gasteiger partial charge in [-0.05, 0) is 44.7 Å². The van der Waals surface area contributed by atoms with Gasteiger partial charge >= 0.3 is 26.2 Å². The first-order valence-electron chi connectivity index (χ1n) is 14.1. The van der Waals surface area contributed by atoms with Crippen molar-refractivity contribution in [2.45, 2.75) is 58.8 Å². The molecule has 0 aromatic heterocycles. The average Bonchev–Trinajstić information content (AvgIpc) is 3.56. The summed E-state index contributed by atoms with van der Waals surface area (Å²) in [6.45, 7) is 14.0. The minimum atomic E-state index is -0.0646. The van der Waals surface area contributed by atoms with Gasteiger partial charge in [-0.3, -0.25) is 0 Å². The van der Waals surface area contributed by atoms with Gasteiger partial charge in [0.05, 0.1) is 0 Å². The smallest absolute Gasteiger partial charge is 1.00 e. The summed E-state index contributed by atoms with van der Waals surface area (Å²) in [5.74, 6) is 0. The zero-order valence-electron chi connectivity index (χ0n) is 25.3. The summed E-state index contributed by atoms with van der Waals surface area (Å²) >= 11 is 0. The predicted octanol–water partition coefficient (Wildman–Crippen LogP) is 2.18. The van der Waals surface area contributed by atoms with Gasteiger partial charge in [0.25, 0.3) is 0 Å². The second-order valence-corrected chi connectivity index (χ2v) is 12.9. The first kappa shape index (κ1) is 34.1. The van der Waals surface area contributed by atoms with E-state index in [9.17, 15) is 0 Å². The van der Waals surface area contributed by atoms with Crippen LogP contribution in [0.3, 0.4) is 0 Å². The fourth-order valence-electron chi connectivity index (χ4n) is 6.16. The van der Waals surface area contributed by atoms with Crippen LogP contribution >= 0.6 is 0 Å². The summed E-state index contributed by atoms with van der Waals surface area (Å²) in [5.41, 5.74) is 10.4. The Labute approximate surface area is 282 Å². The maximum Gasteiger partial charge on any atom is 3.00 e. The van der Waals surface area contributed by atoms with Crippen molar-refractivity contribution in [2.24, 2.45) is 0 Å². The summed E-state index contributed by atoms with van der Waals surface area (Å²) < 4.78 is 0. The predicted molar refractivity (Wildman–Crippen MR) is 166 cm³/mol. The Kier molecular flexibility index (Phi) is 10.6. The number of hydrogen-bond donors (Lipinski definition) is 0. The maximum atomic E-state index is 3.99. The Bertz CT molecular complexity index is 1830. The van der Waals surface area contributed by atoms with Gasteiger partial charge in [0.2, 0.25) is 0 Å². The third kappa shape index (κ3) is 6.12. The third-order valence-electron chi connectivity index (χ3n) is 8.02. The van der Waals surface area contributed by atoms with Crippen LogP contribution in [0.25, 0.3) is 17.2 Å². The minimum absolute atomic E-state index is 0. The number of halogens is 2. The molecule has 0 unspecified atom stereocenters. The Balaban J connectivity index is 0.00000161. The van der Waals surface area contributed by atoms with Crippen LogP contribution in [-0.2, 0) is 37.0 Å². The first-order valence-corrected chi connectivity index (χ1v) is 14.1. The number of benzene rings is 4. The molecule has 0 bridgehead atoms. The molecule has 3 heteroatoms. The van der Waals surface area contributed by atoms with E-state index in [-0.39, 0.29) is 61.8 Å². The Hall–Kier alpha value is -2.44. The molecule has 0 aliphatic heterocycles. The largest absolute Gasteiger partial charge is 3.00 e. The monoisotopic (exact) mass is 665 g/mol. The van der Waals surface area contributed by atoms with Gasteiger partial charge in [0.1, 0.15) is 0 Å². The third-order valence-corrected chi connectivity index (χ3v) is 8.02. The summed E-state index contributed by atoms with van der Waals surface area (Å²) in [4.78, 5) is 0. The van der Waals surface area contributed by atoms with Crippen molar-refractivity contribution in [2.75, 3.05) is 0 Å². The SMILES string of the molecule is CC(C)(C)c1cc2c(c(C3=CC=CC3)c1=C(c1ccccc1)c1ccccc1)[C-]=c1c(C(C)(C)C)cccc1=2.[Cl-].[Cl-].[Zr+3]. The van der Waals surface area contributed by atoms with E-state index >= 15 is 0 Å². The van der Waals surface area contributed by atoms with Crippen LogP contribution in [-0.4, -0.2) is 0 Å². The van der Waals surface area contributed by atoms with Crippen molar-refractivity contribution in [3.63, 3.8) is 0 Å². The molecular weight excluding hydrogens is 631 g/mol. The minimum Gasteiger partial charge on any atom is -1.00 e. The zero-order chi connectivity index (χ0) is 27.4. The molecule has 0 heterocycles. The van der Waals surface area contributed by atoms with Gasteiger partial charge in [0, 0.05) is 0 Å². The molecule has 211 valence electrons. The normalized spacial score (nSPS) is 13.0. The van der Waals surface area contributed by atoms with Gasteiger partial charge in [-0.1, -0.05) is 161 Å². The molecule has 0 fully saturated rings. The number of allylic oxidation sites excluding steroid dienone is 4. The van der Waals surface area contributed by atoms with E-state index in [1.807, 2.05) is 0 Å². The summed E-state index contributed by atoms with van der Waals surface area (Å²) in [6, 6.07) is 31.1. The standard InChI is InChI=1S/C39H37.2ClH.Zr/c1-38(2,3)33-23-15-22-29-30-25-34(39(4,5)6)37(36(28-20-13-14-21-28)32(30)24-31(29)33)35(26-16-9-7-10-17-26)27-18-11-8-12-19-27;;;/h7-20,22-23,25H,21H2,1-6H3;2*1H;/q-1;;;+3/p-2. The van der Waals surface area contributed by atoms with E-state index < -0.39 is 0 Å². The molecule has 1 radical (unpaired) electrons. The molecule has 0 saturated heterocycles. The molecule has 2 aliphatic carbocycles. The van der Waals surface area contributed by atoms with Crippen molar-refractivity contribution < 1.29 is 51.0 Å². The van der Waals surface area contributed by atoms with E-state index in [2.05, 4.69) is 151 Å². The molecule has 0 amide bonds. The summed E-state index contributed by atoms with van der Waals surface area (Å²) in [6.07, 6.45) is 11.7. The van der Waals surface area contributed by atoms with Crippen LogP contribution in [0.1, 0.15) is 81.3 Å². The topological polar surface area (TPSA) is 0 Å². The number of rotatable bonds is 3. The van der Waals surface area contributed by atoms with Crippen LogP contribution in [0.4, 0.5) is 0 Å². The number of fused-ring (bicyclic) bond motifs is 2. The molecule has 0 atom stereocenters. The van der Waals surface area contributed by atoms with Crippen molar-refractivity contribution in [3.05, 3.63) is 157 Å². The maximum absolute atomic E-state index is 3.99. The van der Waals surface area contributed by atoms with Crippen molar-refractivity contribution in [1.82, 2.24) is 0 Å². The van der Waals surface area contributed by atoms with Crippen LogP contribution in [0.2, 0.25) is 0 Å². The Morgan fingerprint density at radius 2 is 1.24 bits per heavy atom. The first-order chi connectivity index (χ1) is 18.6. The van der Waals surface area contributed by atoms with E-state index in [0.29, 0.717) is 0 Å². The van der Waals surface area contributed by atoms with E-state index in [4.69, 9.17) is 0 Å². The average molecular weight is 668 g/mol. The molecule has 4 aromatic carbocycles. The zero-order valence-corrected chi connectivity index (χ0v) is 29.2. The van der Waals surface area contributed by atoms with Gasteiger partial charge in [-0.2, -0.15) is 0 Å². The molecule has 42 heavy (non-hydrogen) atoms. The second-order valence-electron chi connectivity index (χ2n) is 12.9. The van der Waals surface area contributed by atoms with E-state index in [0.717, 1.165) is 6.42 Å². The second kappa shape index (κ2) is 13.1. The van der Waals surface area contributed by atoms with Crippen LogP contribution in [0, 0.1) is 10.4 Å². The molecule has 4 aromatic rings. The van der Waals surface area contributed by atoms with Gasteiger partial charge < -0.3 is 24.8 Å². The summed E-state index contributed by atoms with van der Waals surface area (Å²) in [7, 11) is 0. The molecule has 0 spiro atoms. The van der Waals surface area contributed by atoms with Crippen LogP contribution in [0.15, 0.2) is 103 Å². The molecule has 2 aliphatic rings. The van der Waals surface area contributed by atoms with Crippen molar-refractivity contribution >= 4 is 17.2 Å². The Morgan fingerprint density at radius 1 is 0.667 bits per heavy atom. The van der Waals surface area contributed by atoms with Crippen molar-refractivity contribution in [3.8, 4) is 0 Å². The van der Waals surface area contributed by atoms with E-state index in [1.165, 1.54) is 65.4 Å². The number of hydrogen-bond acceptors (Lipinski definition) is 0. The van der Waals surface area contributed by atoms with Gasteiger partial charge in [0.15, 0.2) is 0 Å². The van der Waals surface area contributed by atoms with E-state index in [1.54, 1.807) is 0 Å². The quantitative estimate of drug-likeness (QED) is 0.259. The molecule has 0 saturated carbocycles. The van der Waals surface area contributed by atoms with Crippen molar-refractivity contribution in [1.29, 1.82) is 0 Å². The summed E-state index contributed by atoms with van der Waals surface area (Å²) in [5, 5.41) is 5.22. The van der Waals surface area contributed by atoms with Crippen LogP contribution in [0.5, 0.6) is 0 Å². The molecular formula is C39H37Cl2Zr. The molecule has 0 nitrogen and oxygen atoms in total. The molecule has 0 N–H and O–H groups in total.